The number of aromatic hydroxyl groups is 1. The third-order valence-corrected chi connectivity index (χ3v) is 3.11. The summed E-state index contributed by atoms with van der Waals surface area (Å²) in [5, 5.41) is 12.6. The molecule has 0 heterocycles. The number of nitrogens with one attached hydrogen (secondary N) is 1. The van der Waals surface area contributed by atoms with Gasteiger partial charge in [-0.25, -0.2) is 0 Å². The SMILES string of the molecule is Cc1cccc(C(=O)NC2(CN)CC2)c1O. The molecular formula is C12H16N2O2. The van der Waals surface area contributed by atoms with E-state index in [4.69, 9.17) is 5.73 Å². The molecule has 0 unspecified atom stereocenters. The Labute approximate surface area is 94.5 Å². The predicted octanol–water partition coefficient (Wildman–Crippen LogP) is 0.922. The van der Waals surface area contributed by atoms with E-state index in [1.165, 1.54) is 0 Å². The molecule has 0 bridgehead atoms. The van der Waals surface area contributed by atoms with Gasteiger partial charge in [-0.3, -0.25) is 4.79 Å². The highest BCUT2D eigenvalue weighted by Crippen LogP contribution is 2.34. The molecule has 1 aliphatic rings. The lowest BCUT2D eigenvalue weighted by Gasteiger charge is -2.15. The van der Waals surface area contributed by atoms with Crippen molar-refractivity contribution in [3.63, 3.8) is 0 Å². The number of amides is 1. The summed E-state index contributed by atoms with van der Waals surface area (Å²) >= 11 is 0. The summed E-state index contributed by atoms with van der Waals surface area (Å²) < 4.78 is 0. The summed E-state index contributed by atoms with van der Waals surface area (Å²) in [4.78, 5) is 11.9. The van der Waals surface area contributed by atoms with Gasteiger partial charge in [0.15, 0.2) is 0 Å². The molecule has 16 heavy (non-hydrogen) atoms. The van der Waals surface area contributed by atoms with Crippen molar-refractivity contribution in [2.75, 3.05) is 6.54 Å². The van der Waals surface area contributed by atoms with Crippen LogP contribution in [0.5, 0.6) is 5.75 Å². The monoisotopic (exact) mass is 220 g/mol. The summed E-state index contributed by atoms with van der Waals surface area (Å²) in [5.41, 5.74) is 6.38. The average Bonchev–Trinajstić information content (AvgIpc) is 3.02. The first-order valence-electron chi connectivity index (χ1n) is 5.39. The average molecular weight is 220 g/mol. The van der Waals surface area contributed by atoms with E-state index in [-0.39, 0.29) is 17.2 Å². The first kappa shape index (κ1) is 11.0. The number of carbonyl (C=O) groups is 1. The first-order valence-corrected chi connectivity index (χ1v) is 5.39. The third-order valence-electron chi connectivity index (χ3n) is 3.11. The van der Waals surface area contributed by atoms with Crippen LogP contribution >= 0.6 is 0 Å². The standard InChI is InChI=1S/C12H16N2O2/c1-8-3-2-4-9(10(8)15)11(16)14-12(7-13)5-6-12/h2-4,15H,5-7,13H2,1H3,(H,14,16). The van der Waals surface area contributed by atoms with Gasteiger partial charge in [0.1, 0.15) is 5.75 Å². The number of hydrogen-bond donors (Lipinski definition) is 3. The Hall–Kier alpha value is -1.55. The Morgan fingerprint density at radius 2 is 2.25 bits per heavy atom. The minimum Gasteiger partial charge on any atom is -0.507 e. The van der Waals surface area contributed by atoms with Crippen LogP contribution in [0.4, 0.5) is 0 Å². The molecule has 4 heteroatoms. The van der Waals surface area contributed by atoms with Crippen LogP contribution in [0, 0.1) is 6.92 Å². The summed E-state index contributed by atoms with van der Waals surface area (Å²) in [6.45, 7) is 2.22. The smallest absolute Gasteiger partial charge is 0.255 e. The number of phenols is 1. The molecule has 4 N–H and O–H groups in total. The summed E-state index contributed by atoms with van der Waals surface area (Å²) in [5.74, 6) is -0.197. The number of rotatable bonds is 3. The maximum absolute atomic E-state index is 11.9. The van der Waals surface area contributed by atoms with Gasteiger partial charge in [0.05, 0.1) is 11.1 Å². The third kappa shape index (κ3) is 1.88. The van der Waals surface area contributed by atoms with Gasteiger partial charge in [-0.1, -0.05) is 12.1 Å². The van der Waals surface area contributed by atoms with Crippen LogP contribution in [0.25, 0.3) is 0 Å². The maximum atomic E-state index is 11.9. The van der Waals surface area contributed by atoms with Crippen molar-refractivity contribution in [2.24, 2.45) is 5.73 Å². The van der Waals surface area contributed by atoms with Gasteiger partial charge >= 0.3 is 0 Å². The van der Waals surface area contributed by atoms with Crippen molar-refractivity contribution < 1.29 is 9.90 Å². The largest absolute Gasteiger partial charge is 0.507 e. The van der Waals surface area contributed by atoms with Crippen molar-refractivity contribution in [1.82, 2.24) is 5.32 Å². The molecule has 2 rings (SSSR count). The van der Waals surface area contributed by atoms with E-state index in [0.717, 1.165) is 12.8 Å². The Bertz CT molecular complexity index is 425. The fourth-order valence-corrected chi connectivity index (χ4v) is 1.68. The summed E-state index contributed by atoms with van der Waals surface area (Å²) in [6, 6.07) is 5.14. The zero-order valence-electron chi connectivity index (χ0n) is 9.29. The molecular weight excluding hydrogens is 204 g/mol. The molecule has 0 spiro atoms. The van der Waals surface area contributed by atoms with E-state index in [2.05, 4.69) is 5.32 Å². The molecule has 1 aliphatic carbocycles. The zero-order valence-corrected chi connectivity index (χ0v) is 9.29. The van der Waals surface area contributed by atoms with Crippen molar-refractivity contribution in [1.29, 1.82) is 0 Å². The molecule has 0 saturated heterocycles. The Morgan fingerprint density at radius 3 is 2.81 bits per heavy atom. The molecule has 1 aromatic carbocycles. The highest BCUT2D eigenvalue weighted by atomic mass is 16.3. The Morgan fingerprint density at radius 1 is 1.56 bits per heavy atom. The van der Waals surface area contributed by atoms with Crippen LogP contribution in [0.1, 0.15) is 28.8 Å². The van der Waals surface area contributed by atoms with Gasteiger partial charge in [-0.2, -0.15) is 0 Å². The highest BCUT2D eigenvalue weighted by Gasteiger charge is 2.42. The molecule has 1 aromatic rings. The number of phenolic OH excluding ortho intramolecular Hbond substituents is 1. The van der Waals surface area contributed by atoms with Gasteiger partial charge < -0.3 is 16.2 Å². The normalized spacial score (nSPS) is 16.9. The van der Waals surface area contributed by atoms with Crippen molar-refractivity contribution in [3.05, 3.63) is 29.3 Å². The quantitative estimate of drug-likeness (QED) is 0.709. The van der Waals surface area contributed by atoms with Crippen molar-refractivity contribution in [2.45, 2.75) is 25.3 Å². The van der Waals surface area contributed by atoms with Gasteiger partial charge in [0.25, 0.3) is 5.91 Å². The Balaban J connectivity index is 2.18. The molecule has 1 saturated carbocycles. The topological polar surface area (TPSA) is 75.4 Å². The molecule has 0 radical (unpaired) electrons. The zero-order chi connectivity index (χ0) is 11.8. The lowest BCUT2D eigenvalue weighted by atomic mass is 10.1. The van der Waals surface area contributed by atoms with E-state index in [1.54, 1.807) is 25.1 Å². The van der Waals surface area contributed by atoms with E-state index in [0.29, 0.717) is 17.7 Å². The number of nitrogens with two attached hydrogens (primary N) is 1. The molecule has 1 amide bonds. The highest BCUT2D eigenvalue weighted by molar-refractivity contribution is 5.97. The molecule has 1 fully saturated rings. The van der Waals surface area contributed by atoms with Crippen LogP contribution < -0.4 is 11.1 Å². The van der Waals surface area contributed by atoms with Gasteiger partial charge in [-0.15, -0.1) is 0 Å². The predicted molar refractivity (Wildman–Crippen MR) is 61.3 cm³/mol. The second kappa shape index (κ2) is 3.79. The van der Waals surface area contributed by atoms with Crippen LogP contribution in [0.2, 0.25) is 0 Å². The first-order chi connectivity index (χ1) is 7.58. The van der Waals surface area contributed by atoms with Gasteiger partial charge in [-0.05, 0) is 31.4 Å². The van der Waals surface area contributed by atoms with Crippen LogP contribution in [-0.2, 0) is 0 Å². The van der Waals surface area contributed by atoms with Crippen molar-refractivity contribution in [3.8, 4) is 5.75 Å². The van der Waals surface area contributed by atoms with E-state index in [9.17, 15) is 9.90 Å². The fourth-order valence-electron chi connectivity index (χ4n) is 1.68. The Kier molecular flexibility index (Phi) is 2.59. The number of benzene rings is 1. The van der Waals surface area contributed by atoms with E-state index >= 15 is 0 Å². The van der Waals surface area contributed by atoms with Gasteiger partial charge in [0.2, 0.25) is 0 Å². The van der Waals surface area contributed by atoms with Crippen LogP contribution in [0.3, 0.4) is 0 Å². The molecule has 4 nitrogen and oxygen atoms in total. The maximum Gasteiger partial charge on any atom is 0.255 e. The minimum atomic E-state index is -0.246. The second-order valence-corrected chi connectivity index (χ2v) is 4.41. The summed E-state index contributed by atoms with van der Waals surface area (Å²) in [7, 11) is 0. The molecule has 86 valence electrons. The molecule has 0 aliphatic heterocycles. The van der Waals surface area contributed by atoms with Gasteiger partial charge in [0, 0.05) is 6.54 Å². The van der Waals surface area contributed by atoms with Crippen LogP contribution in [0.15, 0.2) is 18.2 Å². The van der Waals surface area contributed by atoms with E-state index in [1.807, 2.05) is 0 Å². The minimum absolute atomic E-state index is 0.0489. The number of aryl methyl sites for hydroxylation is 1. The van der Waals surface area contributed by atoms with Crippen LogP contribution in [-0.4, -0.2) is 23.1 Å². The lowest BCUT2D eigenvalue weighted by molar-refractivity contribution is 0.0930. The number of hydrogen-bond acceptors (Lipinski definition) is 3. The molecule has 0 aromatic heterocycles. The number of carbonyl (C=O) groups excluding carboxylic acids is 1. The molecule has 0 atom stereocenters. The summed E-state index contributed by atoms with van der Waals surface area (Å²) in [6.07, 6.45) is 1.84. The number of para-hydroxylation sites is 1. The van der Waals surface area contributed by atoms with E-state index < -0.39 is 0 Å². The fraction of sp³-hybridized carbons (Fsp3) is 0.417. The second-order valence-electron chi connectivity index (χ2n) is 4.41. The van der Waals surface area contributed by atoms with Crippen molar-refractivity contribution >= 4 is 5.91 Å². The lowest BCUT2D eigenvalue weighted by Crippen LogP contribution is -2.42.